The Kier molecular flexibility index (Phi) is 3.06. The average molecular weight is 242 g/mol. The molecular weight excluding hydrogens is 232 g/mol. The van der Waals surface area contributed by atoms with Crippen molar-refractivity contribution in [1.29, 1.82) is 0 Å². The number of thiazole rings is 1. The molecular formula is C9H10N2O2S2. The van der Waals surface area contributed by atoms with Crippen LogP contribution in [0.15, 0.2) is 11.6 Å². The van der Waals surface area contributed by atoms with Crippen molar-refractivity contribution in [1.82, 2.24) is 4.98 Å². The Morgan fingerprint density at radius 2 is 2.53 bits per heavy atom. The molecule has 1 amide bonds. The Labute approximate surface area is 95.7 Å². The number of carbonyl (C=O) groups excluding carboxylic acids is 2. The third kappa shape index (κ3) is 2.38. The summed E-state index contributed by atoms with van der Waals surface area (Å²) >= 11 is 2.69. The van der Waals surface area contributed by atoms with Crippen molar-refractivity contribution in [3.8, 4) is 0 Å². The van der Waals surface area contributed by atoms with Crippen LogP contribution in [0.5, 0.6) is 0 Å². The second-order valence-corrected chi connectivity index (χ2v) is 5.60. The molecule has 0 saturated carbocycles. The van der Waals surface area contributed by atoms with Crippen LogP contribution in [0.25, 0.3) is 0 Å². The van der Waals surface area contributed by atoms with Gasteiger partial charge in [-0.2, -0.15) is 0 Å². The predicted molar refractivity (Wildman–Crippen MR) is 61.1 cm³/mol. The summed E-state index contributed by atoms with van der Waals surface area (Å²) in [6, 6.07) is 0. The summed E-state index contributed by atoms with van der Waals surface area (Å²) in [5, 5.41) is 2.72. The summed E-state index contributed by atoms with van der Waals surface area (Å²) in [5.41, 5.74) is 0. The number of hydrogen-bond donors (Lipinski definition) is 0. The molecule has 2 heterocycles. The lowest BCUT2D eigenvalue weighted by Crippen LogP contribution is -2.24. The van der Waals surface area contributed by atoms with Crippen LogP contribution >= 0.6 is 23.1 Å². The van der Waals surface area contributed by atoms with Gasteiger partial charge in [0.1, 0.15) is 0 Å². The van der Waals surface area contributed by atoms with E-state index < -0.39 is 0 Å². The first-order valence-electron chi connectivity index (χ1n) is 4.54. The Bertz CT molecular complexity index is 377. The maximum absolute atomic E-state index is 11.6. The van der Waals surface area contributed by atoms with E-state index in [1.165, 1.54) is 30.0 Å². The molecule has 2 rings (SSSR count). The van der Waals surface area contributed by atoms with Crippen LogP contribution in [0.4, 0.5) is 5.13 Å². The van der Waals surface area contributed by atoms with E-state index in [-0.39, 0.29) is 16.3 Å². The van der Waals surface area contributed by atoms with Gasteiger partial charge in [-0.05, 0) is 0 Å². The van der Waals surface area contributed by atoms with Gasteiger partial charge in [-0.15, -0.1) is 11.3 Å². The van der Waals surface area contributed by atoms with Gasteiger partial charge in [-0.1, -0.05) is 11.8 Å². The molecule has 0 aromatic carbocycles. The lowest BCUT2D eigenvalue weighted by atomic mass is 10.4. The third-order valence-electron chi connectivity index (χ3n) is 2.07. The van der Waals surface area contributed by atoms with Crippen molar-refractivity contribution in [2.45, 2.75) is 18.6 Å². The number of nitrogens with zero attached hydrogens (tertiary/aromatic N) is 2. The molecule has 15 heavy (non-hydrogen) atoms. The fourth-order valence-electron chi connectivity index (χ4n) is 1.52. The maximum Gasteiger partial charge on any atom is 0.230 e. The first-order valence-corrected chi connectivity index (χ1v) is 6.30. The van der Waals surface area contributed by atoms with Crippen LogP contribution in [-0.4, -0.2) is 27.8 Å². The fraction of sp³-hybridized carbons (Fsp3) is 0.444. The molecule has 1 aromatic rings. The zero-order valence-corrected chi connectivity index (χ0v) is 9.81. The van der Waals surface area contributed by atoms with Crippen molar-refractivity contribution in [2.75, 3.05) is 11.4 Å². The van der Waals surface area contributed by atoms with E-state index in [0.717, 1.165) is 5.13 Å². The van der Waals surface area contributed by atoms with E-state index in [9.17, 15) is 9.59 Å². The van der Waals surface area contributed by atoms with E-state index in [1.807, 2.05) is 5.38 Å². The molecule has 1 aliphatic rings. The van der Waals surface area contributed by atoms with Crippen LogP contribution in [0.3, 0.4) is 0 Å². The zero-order chi connectivity index (χ0) is 10.8. The van der Waals surface area contributed by atoms with Crippen molar-refractivity contribution in [3.63, 3.8) is 0 Å². The van der Waals surface area contributed by atoms with Gasteiger partial charge in [-0.25, -0.2) is 4.98 Å². The lowest BCUT2D eigenvalue weighted by molar-refractivity contribution is -0.117. The van der Waals surface area contributed by atoms with Crippen LogP contribution in [-0.2, 0) is 9.59 Å². The van der Waals surface area contributed by atoms with Gasteiger partial charge in [0.15, 0.2) is 10.2 Å². The van der Waals surface area contributed by atoms with E-state index in [1.54, 1.807) is 11.1 Å². The number of aromatic nitrogens is 1. The number of amides is 1. The van der Waals surface area contributed by atoms with Crippen molar-refractivity contribution >= 4 is 39.3 Å². The monoisotopic (exact) mass is 242 g/mol. The quantitative estimate of drug-likeness (QED) is 0.789. The van der Waals surface area contributed by atoms with Crippen molar-refractivity contribution < 1.29 is 9.59 Å². The fourth-order valence-corrected chi connectivity index (χ4v) is 3.11. The second kappa shape index (κ2) is 4.32. The van der Waals surface area contributed by atoms with Crippen LogP contribution in [0.1, 0.15) is 13.3 Å². The van der Waals surface area contributed by atoms with Crippen LogP contribution in [0, 0.1) is 0 Å². The number of hydrogen-bond acceptors (Lipinski definition) is 5. The minimum Gasteiger partial charge on any atom is -0.288 e. The van der Waals surface area contributed by atoms with Gasteiger partial charge in [0.25, 0.3) is 0 Å². The zero-order valence-electron chi connectivity index (χ0n) is 8.17. The highest BCUT2D eigenvalue weighted by molar-refractivity contribution is 8.14. The largest absolute Gasteiger partial charge is 0.288 e. The van der Waals surface area contributed by atoms with Gasteiger partial charge in [0.05, 0.1) is 0 Å². The second-order valence-electron chi connectivity index (χ2n) is 3.25. The molecule has 0 radical (unpaired) electrons. The maximum atomic E-state index is 11.6. The molecule has 1 aromatic heterocycles. The minimum atomic E-state index is 0.0590. The predicted octanol–water partition coefficient (Wildman–Crippen LogP) is 1.53. The summed E-state index contributed by atoms with van der Waals surface area (Å²) in [5.74, 6) is 0.0590. The topological polar surface area (TPSA) is 50.3 Å². The summed E-state index contributed by atoms with van der Waals surface area (Å²) in [6.07, 6.45) is 2.11. The summed E-state index contributed by atoms with van der Waals surface area (Å²) < 4.78 is 0. The van der Waals surface area contributed by atoms with E-state index in [4.69, 9.17) is 0 Å². The van der Waals surface area contributed by atoms with Crippen molar-refractivity contribution in [3.05, 3.63) is 11.6 Å². The van der Waals surface area contributed by atoms with E-state index in [2.05, 4.69) is 4.98 Å². The standard InChI is InChI=1S/C9H10N2O2S2/c1-6(12)15-7-4-8(13)11(5-7)9-10-2-3-14-9/h2-3,7H,4-5H2,1H3. The number of thioether (sulfide) groups is 1. The summed E-state index contributed by atoms with van der Waals surface area (Å²) in [4.78, 5) is 28.3. The minimum absolute atomic E-state index is 0.0590. The van der Waals surface area contributed by atoms with Gasteiger partial charge >= 0.3 is 0 Å². The average Bonchev–Trinajstić information content (AvgIpc) is 2.72. The first-order chi connectivity index (χ1) is 7.16. The molecule has 80 valence electrons. The molecule has 0 aliphatic carbocycles. The van der Waals surface area contributed by atoms with E-state index >= 15 is 0 Å². The third-order valence-corrected chi connectivity index (χ3v) is 3.85. The molecule has 1 saturated heterocycles. The molecule has 1 atom stereocenters. The SMILES string of the molecule is CC(=O)SC1CC(=O)N(c2nccs2)C1. The molecule has 6 heteroatoms. The molecule has 1 unspecified atom stereocenters. The Hall–Kier alpha value is -0.880. The number of rotatable bonds is 2. The first kappa shape index (κ1) is 10.6. The number of anilines is 1. The number of carbonyl (C=O) groups is 2. The molecule has 1 fully saturated rings. The Balaban J connectivity index is 2.05. The highest BCUT2D eigenvalue weighted by Gasteiger charge is 2.32. The normalized spacial score (nSPS) is 21.0. The lowest BCUT2D eigenvalue weighted by Gasteiger charge is -2.11. The summed E-state index contributed by atoms with van der Waals surface area (Å²) in [7, 11) is 0. The van der Waals surface area contributed by atoms with Gasteiger partial charge in [-0.3, -0.25) is 14.5 Å². The molecule has 0 bridgehead atoms. The molecule has 0 N–H and O–H groups in total. The highest BCUT2D eigenvalue weighted by Crippen LogP contribution is 2.29. The van der Waals surface area contributed by atoms with E-state index in [0.29, 0.717) is 13.0 Å². The van der Waals surface area contributed by atoms with Crippen molar-refractivity contribution in [2.24, 2.45) is 0 Å². The van der Waals surface area contributed by atoms with Gasteiger partial charge in [0.2, 0.25) is 5.91 Å². The van der Waals surface area contributed by atoms with Crippen LogP contribution < -0.4 is 4.90 Å². The summed E-state index contributed by atoms with van der Waals surface area (Å²) in [6.45, 7) is 2.12. The molecule has 1 aliphatic heterocycles. The highest BCUT2D eigenvalue weighted by atomic mass is 32.2. The Morgan fingerprint density at radius 3 is 3.13 bits per heavy atom. The van der Waals surface area contributed by atoms with Gasteiger partial charge < -0.3 is 0 Å². The van der Waals surface area contributed by atoms with Gasteiger partial charge in [0, 0.05) is 36.7 Å². The van der Waals surface area contributed by atoms with Crippen LogP contribution in [0.2, 0.25) is 0 Å². The smallest absolute Gasteiger partial charge is 0.230 e. The Morgan fingerprint density at radius 1 is 1.73 bits per heavy atom. The molecule has 4 nitrogen and oxygen atoms in total. The molecule has 0 spiro atoms.